The van der Waals surface area contributed by atoms with E-state index in [2.05, 4.69) is 4.98 Å². The molecule has 1 amide bonds. The lowest BCUT2D eigenvalue weighted by atomic mass is 9.99. The van der Waals surface area contributed by atoms with Crippen LogP contribution < -0.4 is 9.64 Å². The second kappa shape index (κ2) is 11.3. The van der Waals surface area contributed by atoms with Gasteiger partial charge < -0.3 is 23.3 Å². The number of benzene rings is 2. The summed E-state index contributed by atoms with van der Waals surface area (Å²) in [4.78, 5) is 30.9. The third kappa shape index (κ3) is 5.04. The third-order valence-electron chi connectivity index (χ3n) is 7.23. The highest BCUT2D eigenvalue weighted by molar-refractivity contribution is 6.13. The summed E-state index contributed by atoms with van der Waals surface area (Å²) in [6.45, 7) is 2.23. The first-order valence-corrected chi connectivity index (χ1v) is 13.0. The summed E-state index contributed by atoms with van der Waals surface area (Å²) in [6.07, 6.45) is -3.77. The Labute approximate surface area is 246 Å². The van der Waals surface area contributed by atoms with Crippen molar-refractivity contribution < 1.29 is 45.4 Å². The number of aryl methyl sites for hydroxylation is 1. The first-order valence-electron chi connectivity index (χ1n) is 13.0. The molecule has 3 heterocycles. The highest BCUT2D eigenvalue weighted by Crippen LogP contribution is 2.46. The van der Waals surface area contributed by atoms with E-state index in [1.807, 2.05) is 0 Å². The number of ketones is 1. The van der Waals surface area contributed by atoms with E-state index in [-0.39, 0.29) is 45.9 Å². The van der Waals surface area contributed by atoms with Gasteiger partial charge in [-0.1, -0.05) is 6.07 Å². The normalized spacial score (nSPS) is 11.9. The molecule has 0 N–H and O–H groups in total. The van der Waals surface area contributed by atoms with Crippen molar-refractivity contribution in [2.24, 2.45) is 0 Å². The van der Waals surface area contributed by atoms with E-state index < -0.39 is 40.9 Å². The molecule has 230 valence electrons. The minimum Gasteiger partial charge on any atom is -0.496 e. The number of anilines is 1. The van der Waals surface area contributed by atoms with Crippen molar-refractivity contribution in [3.8, 4) is 16.9 Å². The van der Waals surface area contributed by atoms with Crippen LogP contribution in [0.5, 0.6) is 5.75 Å². The van der Waals surface area contributed by atoms with Crippen molar-refractivity contribution in [2.75, 3.05) is 32.8 Å². The van der Waals surface area contributed by atoms with Gasteiger partial charge in [0.1, 0.15) is 17.1 Å². The van der Waals surface area contributed by atoms with Crippen LogP contribution in [0.25, 0.3) is 27.7 Å². The molecule has 0 saturated carbocycles. The number of aromatic nitrogens is 3. The van der Waals surface area contributed by atoms with E-state index in [4.69, 9.17) is 9.47 Å². The quantitative estimate of drug-likeness (QED) is 0.120. The molecule has 0 bridgehead atoms. The monoisotopic (exact) mass is 618 g/mol. The Bertz CT molecular complexity index is 1920. The molecule has 5 aromatic rings. The molecule has 0 spiro atoms. The van der Waals surface area contributed by atoms with E-state index in [1.54, 1.807) is 23.6 Å². The molecule has 2 aromatic carbocycles. The number of alkyl halides is 3. The van der Waals surface area contributed by atoms with E-state index in [1.165, 1.54) is 43.0 Å². The molecule has 0 fully saturated rings. The van der Waals surface area contributed by atoms with Crippen molar-refractivity contribution >= 4 is 33.9 Å². The predicted octanol–water partition coefficient (Wildman–Crippen LogP) is 6.09. The number of nitrogens with zero attached hydrogens (tertiary/aromatic N) is 4. The zero-order chi connectivity index (χ0) is 32.1. The van der Waals surface area contributed by atoms with Crippen LogP contribution in [0.1, 0.15) is 21.9 Å². The summed E-state index contributed by atoms with van der Waals surface area (Å²) in [5.74, 6) is -7.28. The lowest BCUT2D eigenvalue weighted by Crippen LogP contribution is -2.39. The van der Waals surface area contributed by atoms with Crippen LogP contribution in [-0.2, 0) is 16.1 Å². The smallest absolute Gasteiger partial charge is 0.471 e. The van der Waals surface area contributed by atoms with Gasteiger partial charge in [-0.25, -0.2) is 18.2 Å². The summed E-state index contributed by atoms with van der Waals surface area (Å²) >= 11 is 0. The maximum absolute atomic E-state index is 13.9. The van der Waals surface area contributed by atoms with Crippen molar-refractivity contribution in [1.82, 2.24) is 14.0 Å². The number of pyridine rings is 1. The fourth-order valence-electron chi connectivity index (χ4n) is 5.21. The fraction of sp³-hybridized carbons (Fsp3) is 0.233. The van der Waals surface area contributed by atoms with Gasteiger partial charge in [0, 0.05) is 44.1 Å². The Kier molecular flexibility index (Phi) is 7.88. The molecule has 0 aliphatic heterocycles. The second-order valence-corrected chi connectivity index (χ2v) is 9.81. The first kappa shape index (κ1) is 30.6. The number of hydrogen-bond donors (Lipinski definition) is 0. The summed E-state index contributed by atoms with van der Waals surface area (Å²) < 4.78 is 96.5. The number of fused-ring (bicyclic) bond motifs is 2. The highest BCUT2D eigenvalue weighted by atomic mass is 19.4. The van der Waals surface area contributed by atoms with Crippen LogP contribution in [0, 0.1) is 24.4 Å². The number of methoxy groups -OCH3 is 2. The first-order chi connectivity index (χ1) is 20.8. The van der Waals surface area contributed by atoms with Gasteiger partial charge in [0.05, 0.1) is 41.7 Å². The van der Waals surface area contributed by atoms with Gasteiger partial charge in [0.25, 0.3) is 0 Å². The summed E-state index contributed by atoms with van der Waals surface area (Å²) in [6, 6.07) is 8.58. The minimum absolute atomic E-state index is 0.0676. The van der Waals surface area contributed by atoms with Gasteiger partial charge in [-0.3, -0.25) is 9.59 Å². The van der Waals surface area contributed by atoms with Gasteiger partial charge in [-0.05, 0) is 37.3 Å². The zero-order valence-electron chi connectivity index (χ0n) is 23.7. The lowest BCUT2D eigenvalue weighted by Gasteiger charge is -2.24. The Morgan fingerprint density at radius 3 is 2.30 bits per heavy atom. The standard InChI is InChI=1S/C30H24F6N4O4/c1-15-37-26-22(39(15)10-11-43-3)14-23(44-4)24(27(26)38(2)29(42)30(34,35)36)17-6-5-9-40-20(17)7-8-21(40)28(41)16-12-18(31)25(33)19(32)13-16/h5-9,12-14H,10-11H2,1-4H3. The van der Waals surface area contributed by atoms with Gasteiger partial charge in [0.15, 0.2) is 17.5 Å². The van der Waals surface area contributed by atoms with Crippen LogP contribution >= 0.6 is 0 Å². The molecule has 0 radical (unpaired) electrons. The average Bonchev–Trinajstić information content (AvgIpc) is 3.56. The van der Waals surface area contributed by atoms with Crippen LogP contribution in [0.15, 0.2) is 48.7 Å². The number of carbonyl (C=O) groups is 2. The molecule has 44 heavy (non-hydrogen) atoms. The number of amides is 1. The summed E-state index contributed by atoms with van der Waals surface area (Å²) in [5.41, 5.74) is 0.326. The topological polar surface area (TPSA) is 78.1 Å². The van der Waals surface area contributed by atoms with Gasteiger partial charge in [-0.2, -0.15) is 13.2 Å². The Hall–Kier alpha value is -4.85. The largest absolute Gasteiger partial charge is 0.496 e. The summed E-state index contributed by atoms with van der Waals surface area (Å²) in [5, 5.41) is 0. The third-order valence-corrected chi connectivity index (χ3v) is 7.23. The maximum Gasteiger partial charge on any atom is 0.471 e. The lowest BCUT2D eigenvalue weighted by molar-refractivity contribution is -0.170. The molecule has 0 unspecified atom stereocenters. The number of ether oxygens (including phenoxy) is 2. The fourth-order valence-corrected chi connectivity index (χ4v) is 5.21. The minimum atomic E-state index is -5.23. The van der Waals surface area contributed by atoms with Crippen LogP contribution in [-0.4, -0.2) is 59.7 Å². The van der Waals surface area contributed by atoms with E-state index in [0.29, 0.717) is 34.9 Å². The summed E-state index contributed by atoms with van der Waals surface area (Å²) in [7, 11) is 3.78. The molecule has 3 aromatic heterocycles. The Morgan fingerprint density at radius 2 is 1.68 bits per heavy atom. The molecule has 0 atom stereocenters. The Morgan fingerprint density at radius 1 is 1.00 bits per heavy atom. The number of imidazole rings is 1. The van der Waals surface area contributed by atoms with E-state index in [0.717, 1.165) is 7.05 Å². The Balaban J connectivity index is 1.80. The van der Waals surface area contributed by atoms with Gasteiger partial charge >= 0.3 is 12.1 Å². The number of hydrogen-bond acceptors (Lipinski definition) is 5. The number of halogens is 6. The maximum atomic E-state index is 13.9. The van der Waals surface area contributed by atoms with Crippen molar-refractivity contribution in [1.29, 1.82) is 0 Å². The van der Waals surface area contributed by atoms with Gasteiger partial charge in [0.2, 0.25) is 5.78 Å². The molecule has 14 heteroatoms. The SMILES string of the molecule is COCCn1c(C)nc2c(N(C)C(=O)C(F)(F)F)c(-c3cccn4c(C(=O)c5cc(F)c(F)c(F)c5)ccc34)c(OC)cc21. The van der Waals surface area contributed by atoms with Crippen LogP contribution in [0.4, 0.5) is 32.0 Å². The van der Waals surface area contributed by atoms with Crippen molar-refractivity contribution in [3.05, 3.63) is 83.2 Å². The number of carbonyl (C=O) groups excluding carboxylic acids is 2. The molecule has 0 aliphatic carbocycles. The van der Waals surface area contributed by atoms with Crippen LogP contribution in [0.2, 0.25) is 0 Å². The molecular formula is C30H24F6N4O4. The van der Waals surface area contributed by atoms with E-state index in [9.17, 15) is 35.9 Å². The van der Waals surface area contributed by atoms with Crippen molar-refractivity contribution in [2.45, 2.75) is 19.6 Å². The zero-order valence-corrected chi connectivity index (χ0v) is 23.7. The molecule has 5 rings (SSSR count). The molecular weight excluding hydrogens is 594 g/mol. The molecule has 8 nitrogen and oxygen atoms in total. The second-order valence-electron chi connectivity index (χ2n) is 9.81. The number of rotatable bonds is 8. The highest BCUT2D eigenvalue weighted by Gasteiger charge is 2.43. The average molecular weight is 619 g/mol. The van der Waals surface area contributed by atoms with Crippen LogP contribution in [0.3, 0.4) is 0 Å². The van der Waals surface area contributed by atoms with Gasteiger partial charge in [-0.15, -0.1) is 0 Å². The molecule has 0 aliphatic rings. The van der Waals surface area contributed by atoms with E-state index >= 15 is 0 Å². The van der Waals surface area contributed by atoms with Crippen molar-refractivity contribution in [3.63, 3.8) is 0 Å². The molecule has 0 saturated heterocycles. The predicted molar refractivity (Wildman–Crippen MR) is 149 cm³/mol.